The summed E-state index contributed by atoms with van der Waals surface area (Å²) in [7, 11) is 3.28. The van der Waals surface area contributed by atoms with Crippen LogP contribution in [0.1, 0.15) is 26.7 Å². The van der Waals surface area contributed by atoms with Crippen LogP contribution in [0.5, 0.6) is 5.75 Å². The average Bonchev–Trinajstić information content (AvgIpc) is 2.66. The van der Waals surface area contributed by atoms with E-state index in [1.807, 2.05) is 18.7 Å². The predicted octanol–water partition coefficient (Wildman–Crippen LogP) is 4.02. The fourth-order valence-electron chi connectivity index (χ4n) is 2.85. The Morgan fingerprint density at radius 3 is 2.39 bits per heavy atom. The topological polar surface area (TPSA) is 111 Å². The van der Waals surface area contributed by atoms with E-state index in [2.05, 4.69) is 9.97 Å². The molecule has 0 saturated carbocycles. The van der Waals surface area contributed by atoms with Crippen molar-refractivity contribution in [3.8, 4) is 5.75 Å². The highest BCUT2D eigenvalue weighted by atomic mass is 35.5. The van der Waals surface area contributed by atoms with E-state index in [1.54, 1.807) is 37.3 Å². The molecule has 10 heteroatoms. The maximum atomic E-state index is 11.6. The lowest BCUT2D eigenvalue weighted by atomic mass is 10.3. The summed E-state index contributed by atoms with van der Waals surface area (Å²) >= 11 is 6.35. The SMILES string of the molecule is CCCN(CCC)c1nc(N(C)c2ccc(OC)cc2Cl)nc(N)c1[N+](=O)[O-]. The van der Waals surface area contributed by atoms with Gasteiger partial charge in [0.2, 0.25) is 17.6 Å². The molecule has 0 saturated heterocycles. The largest absolute Gasteiger partial charge is 0.497 e. The van der Waals surface area contributed by atoms with Gasteiger partial charge in [-0.2, -0.15) is 9.97 Å². The normalized spacial score (nSPS) is 10.6. The monoisotopic (exact) mass is 408 g/mol. The number of aromatic nitrogens is 2. The molecule has 2 N–H and O–H groups in total. The minimum absolute atomic E-state index is 0.182. The maximum Gasteiger partial charge on any atom is 0.353 e. The van der Waals surface area contributed by atoms with Crippen LogP contribution >= 0.6 is 11.6 Å². The number of ether oxygens (including phenoxy) is 1. The van der Waals surface area contributed by atoms with Crippen LogP contribution in [-0.2, 0) is 0 Å². The molecule has 2 aromatic rings. The van der Waals surface area contributed by atoms with Gasteiger partial charge in [-0.25, -0.2) is 0 Å². The molecule has 1 heterocycles. The maximum absolute atomic E-state index is 11.6. The summed E-state index contributed by atoms with van der Waals surface area (Å²) in [6, 6.07) is 5.19. The second-order valence-electron chi connectivity index (χ2n) is 6.20. The van der Waals surface area contributed by atoms with Crippen LogP contribution in [0.15, 0.2) is 18.2 Å². The highest BCUT2D eigenvalue weighted by Crippen LogP contribution is 2.37. The summed E-state index contributed by atoms with van der Waals surface area (Å²) in [5.41, 5.74) is 6.30. The third-order valence-electron chi connectivity index (χ3n) is 4.17. The fourth-order valence-corrected chi connectivity index (χ4v) is 3.15. The highest BCUT2D eigenvalue weighted by Gasteiger charge is 2.28. The number of anilines is 4. The molecule has 9 nitrogen and oxygen atoms in total. The number of hydrogen-bond donors (Lipinski definition) is 1. The second kappa shape index (κ2) is 9.41. The van der Waals surface area contributed by atoms with E-state index in [9.17, 15) is 10.1 Å². The van der Waals surface area contributed by atoms with Crippen molar-refractivity contribution in [1.82, 2.24) is 9.97 Å². The van der Waals surface area contributed by atoms with Crippen LogP contribution in [0.2, 0.25) is 5.02 Å². The first-order valence-corrected chi connectivity index (χ1v) is 9.35. The molecule has 28 heavy (non-hydrogen) atoms. The number of benzene rings is 1. The lowest BCUT2D eigenvalue weighted by molar-refractivity contribution is -0.383. The molecule has 0 radical (unpaired) electrons. The Morgan fingerprint density at radius 1 is 1.25 bits per heavy atom. The molecule has 0 aliphatic rings. The van der Waals surface area contributed by atoms with E-state index in [4.69, 9.17) is 22.1 Å². The Balaban J connectivity index is 2.57. The Morgan fingerprint density at radius 2 is 1.89 bits per heavy atom. The van der Waals surface area contributed by atoms with Crippen molar-refractivity contribution in [2.45, 2.75) is 26.7 Å². The van der Waals surface area contributed by atoms with E-state index in [0.29, 0.717) is 29.5 Å². The molecule has 1 aromatic heterocycles. The number of halogens is 1. The third kappa shape index (κ3) is 4.53. The standard InChI is InChI=1S/C18H25ClN6O3/c1-5-9-24(10-6-2)17-15(25(26)27)16(20)21-18(22-17)23(3)14-8-7-12(28-4)11-13(14)19/h7-8,11H,5-6,9-10H2,1-4H3,(H2,20,21,22). The smallest absolute Gasteiger partial charge is 0.353 e. The molecule has 0 spiro atoms. The van der Waals surface area contributed by atoms with E-state index in [0.717, 1.165) is 12.8 Å². The predicted molar refractivity (Wildman–Crippen MR) is 112 cm³/mol. The molecule has 1 aromatic carbocycles. The molecule has 0 bridgehead atoms. The summed E-state index contributed by atoms with van der Waals surface area (Å²) in [4.78, 5) is 23.2. The van der Waals surface area contributed by atoms with Crippen LogP contribution in [0, 0.1) is 10.1 Å². The van der Waals surface area contributed by atoms with Crippen LogP contribution < -0.4 is 20.3 Å². The molecule has 0 amide bonds. The van der Waals surface area contributed by atoms with Gasteiger partial charge in [0.05, 0.1) is 22.7 Å². The molecule has 0 unspecified atom stereocenters. The lowest BCUT2D eigenvalue weighted by Crippen LogP contribution is -2.28. The zero-order valence-corrected chi connectivity index (χ0v) is 17.2. The Hall–Kier alpha value is -2.81. The molecule has 0 aliphatic heterocycles. The van der Waals surface area contributed by atoms with Crippen LogP contribution in [-0.4, -0.2) is 42.1 Å². The zero-order valence-electron chi connectivity index (χ0n) is 16.5. The summed E-state index contributed by atoms with van der Waals surface area (Å²) in [6.07, 6.45) is 1.63. The number of nitrogen functional groups attached to an aromatic ring is 1. The van der Waals surface area contributed by atoms with Crippen molar-refractivity contribution in [2.75, 3.05) is 42.8 Å². The minimum atomic E-state index is -0.535. The lowest BCUT2D eigenvalue weighted by Gasteiger charge is -2.25. The first-order chi connectivity index (χ1) is 13.3. The fraction of sp³-hybridized carbons (Fsp3) is 0.444. The van der Waals surface area contributed by atoms with Crippen molar-refractivity contribution in [3.63, 3.8) is 0 Å². The first-order valence-electron chi connectivity index (χ1n) is 8.98. The van der Waals surface area contributed by atoms with Gasteiger partial charge in [0.25, 0.3) is 0 Å². The molecule has 0 fully saturated rings. The molecule has 0 aliphatic carbocycles. The van der Waals surface area contributed by atoms with E-state index in [-0.39, 0.29) is 23.3 Å². The minimum Gasteiger partial charge on any atom is -0.497 e. The van der Waals surface area contributed by atoms with Gasteiger partial charge in [-0.1, -0.05) is 25.4 Å². The van der Waals surface area contributed by atoms with Gasteiger partial charge in [0.1, 0.15) is 5.75 Å². The van der Waals surface area contributed by atoms with Crippen molar-refractivity contribution >= 4 is 40.6 Å². The van der Waals surface area contributed by atoms with E-state index in [1.165, 1.54) is 0 Å². The Labute approximate surface area is 169 Å². The van der Waals surface area contributed by atoms with Crippen molar-refractivity contribution < 1.29 is 9.66 Å². The zero-order chi connectivity index (χ0) is 20.8. The number of methoxy groups -OCH3 is 1. The van der Waals surface area contributed by atoms with Gasteiger partial charge < -0.3 is 20.3 Å². The quantitative estimate of drug-likeness (QED) is 0.489. The molecule has 2 rings (SSSR count). The van der Waals surface area contributed by atoms with Gasteiger partial charge >= 0.3 is 5.69 Å². The van der Waals surface area contributed by atoms with Gasteiger partial charge in [-0.3, -0.25) is 10.1 Å². The van der Waals surface area contributed by atoms with E-state index >= 15 is 0 Å². The Kier molecular flexibility index (Phi) is 7.22. The van der Waals surface area contributed by atoms with Crippen molar-refractivity contribution in [3.05, 3.63) is 33.3 Å². The molecule has 0 atom stereocenters. The van der Waals surface area contributed by atoms with Gasteiger partial charge in [0, 0.05) is 26.2 Å². The van der Waals surface area contributed by atoms with Gasteiger partial charge in [0.15, 0.2) is 0 Å². The van der Waals surface area contributed by atoms with Gasteiger partial charge in [-0.15, -0.1) is 0 Å². The van der Waals surface area contributed by atoms with Crippen LogP contribution in [0.3, 0.4) is 0 Å². The highest BCUT2D eigenvalue weighted by molar-refractivity contribution is 6.33. The summed E-state index contributed by atoms with van der Waals surface area (Å²) in [5.74, 6) is 0.873. The molecular formula is C18H25ClN6O3. The number of rotatable bonds is 9. The summed E-state index contributed by atoms with van der Waals surface area (Å²) in [6.45, 7) is 5.25. The summed E-state index contributed by atoms with van der Waals surface area (Å²) < 4.78 is 5.17. The average molecular weight is 409 g/mol. The van der Waals surface area contributed by atoms with Crippen molar-refractivity contribution in [2.24, 2.45) is 0 Å². The molecule has 152 valence electrons. The second-order valence-corrected chi connectivity index (χ2v) is 6.61. The van der Waals surface area contributed by atoms with Crippen LogP contribution in [0.4, 0.5) is 29.0 Å². The number of hydrogen-bond acceptors (Lipinski definition) is 8. The Bertz CT molecular complexity index is 842. The first kappa shape index (κ1) is 21.5. The van der Waals surface area contributed by atoms with Crippen LogP contribution in [0.25, 0.3) is 0 Å². The number of nitrogens with two attached hydrogens (primary N) is 1. The third-order valence-corrected chi connectivity index (χ3v) is 4.47. The molecular weight excluding hydrogens is 384 g/mol. The van der Waals surface area contributed by atoms with Crippen molar-refractivity contribution in [1.29, 1.82) is 0 Å². The van der Waals surface area contributed by atoms with Gasteiger partial charge in [-0.05, 0) is 25.0 Å². The number of nitro groups is 1. The summed E-state index contributed by atoms with van der Waals surface area (Å²) in [5, 5.41) is 12.0. The number of nitrogens with zero attached hydrogens (tertiary/aromatic N) is 5. The van der Waals surface area contributed by atoms with E-state index < -0.39 is 4.92 Å².